The summed E-state index contributed by atoms with van der Waals surface area (Å²) < 4.78 is 41.0. The van der Waals surface area contributed by atoms with Gasteiger partial charge in [0.15, 0.2) is 0 Å². The first-order valence-corrected chi connectivity index (χ1v) is 20.5. The topological polar surface area (TPSA) is 201 Å². The van der Waals surface area contributed by atoms with Gasteiger partial charge in [-0.3, -0.25) is 28.8 Å². The van der Waals surface area contributed by atoms with Gasteiger partial charge in [-0.2, -0.15) is 0 Å². The lowest BCUT2D eigenvalue weighted by Crippen LogP contribution is -2.39. The predicted octanol–water partition coefficient (Wildman–Crippen LogP) is 8.45. The van der Waals surface area contributed by atoms with Gasteiger partial charge in [0.1, 0.15) is 57.4 Å². The van der Waals surface area contributed by atoms with Crippen molar-refractivity contribution in [3.05, 3.63) is 146 Å². The molecule has 0 bridgehead atoms. The van der Waals surface area contributed by atoms with Crippen molar-refractivity contribution in [3.63, 3.8) is 0 Å². The van der Waals surface area contributed by atoms with E-state index in [2.05, 4.69) is 31.9 Å². The first-order valence-electron chi connectivity index (χ1n) is 20.5. The Labute approximate surface area is 361 Å². The smallest absolute Gasteiger partial charge is 0.254 e. The van der Waals surface area contributed by atoms with Crippen LogP contribution in [0.5, 0.6) is 0 Å². The maximum atomic E-state index is 14.7. The third kappa shape index (κ3) is 7.93. The van der Waals surface area contributed by atoms with Crippen molar-refractivity contribution in [1.29, 1.82) is 0 Å². The highest BCUT2D eigenvalue weighted by Gasteiger charge is 2.37. The van der Waals surface area contributed by atoms with E-state index in [1.165, 1.54) is 24.3 Å². The number of fused-ring (bicyclic) bond motifs is 2. The molecule has 330 valence electrons. The highest BCUT2D eigenvalue weighted by molar-refractivity contribution is 6.06. The molecule has 6 N–H and O–H groups in total. The van der Waals surface area contributed by atoms with E-state index in [9.17, 15) is 37.5 Å². The van der Waals surface area contributed by atoms with Crippen LogP contribution < -0.4 is 53.6 Å². The summed E-state index contributed by atoms with van der Waals surface area (Å²) >= 11 is 0. The van der Waals surface area contributed by atoms with Gasteiger partial charge in [0.25, 0.3) is 33.5 Å². The summed E-state index contributed by atoms with van der Waals surface area (Å²) in [7, 11) is 0. The molecule has 0 spiro atoms. The minimum Gasteiger partial charge on any atom is -0.464 e. The number of nitrogens with one attached hydrogen (secondary N) is 6. The van der Waals surface area contributed by atoms with E-state index >= 15 is 0 Å². The molecule has 8 rings (SSSR count). The number of carbonyl (C=O) groups excluding carboxylic acids is 2. The molecular weight excluding hydrogens is 815 g/mol. The molecule has 2 aliphatic rings. The molecule has 4 heterocycles. The average molecular weight is 865 g/mol. The Balaban J connectivity index is 0.000000189. The van der Waals surface area contributed by atoms with Crippen molar-refractivity contribution in [2.24, 2.45) is 10.8 Å². The second kappa shape index (κ2) is 15.8. The van der Waals surface area contributed by atoms with Crippen molar-refractivity contribution in [1.82, 2.24) is 10.6 Å². The molecule has 2 aliphatic heterocycles. The number of rotatable bonds is 10. The zero-order chi connectivity index (χ0) is 46.2. The fourth-order valence-electron chi connectivity index (χ4n) is 7.95. The molecule has 63 heavy (non-hydrogen) atoms. The molecule has 2 amide bonds. The van der Waals surface area contributed by atoms with E-state index in [0.717, 1.165) is 17.1 Å². The average Bonchev–Trinajstić information content (AvgIpc) is 3.94. The van der Waals surface area contributed by atoms with Gasteiger partial charge < -0.3 is 40.7 Å². The number of anilines is 6. The molecule has 0 saturated heterocycles. The SMILES string of the molecule is Cc1cc([C@@H](Nc2c(Nc3c(F)ccc4c3C(=O)N[C@@H]4C)c(=O)c2=O)C(C)(C)C)oc1C.Cc1ccc([C@@H](Nc2c(Nc3c(F)ccc4c3C(=O)N[C@@H]4C)c(=O)c2=O)C(C)(C)C)o1. The van der Waals surface area contributed by atoms with Crippen LogP contribution in [0.15, 0.2) is 70.5 Å². The van der Waals surface area contributed by atoms with E-state index in [1.807, 2.05) is 80.5 Å². The Morgan fingerprint density at radius 2 is 0.968 bits per heavy atom. The third-order valence-corrected chi connectivity index (χ3v) is 11.6. The Kier molecular flexibility index (Phi) is 11.1. The number of benzene rings is 2. The maximum Gasteiger partial charge on any atom is 0.254 e. The normalized spacial score (nSPS) is 16.8. The van der Waals surface area contributed by atoms with Crippen LogP contribution in [0, 0.1) is 43.2 Å². The molecule has 4 aromatic carbocycles. The lowest BCUT2D eigenvalue weighted by molar-refractivity contribution is 0.0950. The molecule has 0 saturated carbocycles. The van der Waals surface area contributed by atoms with E-state index in [0.29, 0.717) is 22.6 Å². The van der Waals surface area contributed by atoms with Crippen molar-refractivity contribution in [2.75, 3.05) is 21.3 Å². The van der Waals surface area contributed by atoms with Gasteiger partial charge in [0, 0.05) is 0 Å². The number of hydrogen-bond acceptors (Lipinski definition) is 12. The molecule has 6 aromatic rings. The molecule has 14 nitrogen and oxygen atoms in total. The van der Waals surface area contributed by atoms with Crippen molar-refractivity contribution in [3.8, 4) is 0 Å². The summed E-state index contributed by atoms with van der Waals surface area (Å²) in [5.74, 6) is 0.495. The van der Waals surface area contributed by atoms with E-state index < -0.39 is 57.2 Å². The van der Waals surface area contributed by atoms with Crippen LogP contribution in [0.3, 0.4) is 0 Å². The van der Waals surface area contributed by atoms with Gasteiger partial charge in [-0.15, -0.1) is 0 Å². The van der Waals surface area contributed by atoms with Gasteiger partial charge in [0.2, 0.25) is 0 Å². The zero-order valence-corrected chi connectivity index (χ0v) is 36.9. The van der Waals surface area contributed by atoms with Crippen LogP contribution in [-0.4, -0.2) is 11.8 Å². The molecule has 0 fully saturated rings. The number of amides is 2. The molecule has 0 radical (unpaired) electrons. The van der Waals surface area contributed by atoms with Crippen molar-refractivity contribution in [2.45, 2.75) is 100 Å². The molecule has 16 heteroatoms. The number of carbonyl (C=O) groups is 2. The Bertz CT molecular complexity index is 2950. The monoisotopic (exact) mass is 864 g/mol. The maximum absolute atomic E-state index is 14.7. The fraction of sp³-hybridized carbons (Fsp3) is 0.362. The van der Waals surface area contributed by atoms with Gasteiger partial charge in [0.05, 0.1) is 46.7 Å². The van der Waals surface area contributed by atoms with Crippen molar-refractivity contribution >= 4 is 45.9 Å². The van der Waals surface area contributed by atoms with Crippen molar-refractivity contribution < 1.29 is 27.2 Å². The van der Waals surface area contributed by atoms with Gasteiger partial charge in [-0.25, -0.2) is 8.78 Å². The quantitative estimate of drug-likeness (QED) is 0.0719. The lowest BCUT2D eigenvalue weighted by atomic mass is 9.84. The van der Waals surface area contributed by atoms with Crippen LogP contribution in [0.4, 0.5) is 42.9 Å². The number of aryl methyl sites for hydroxylation is 3. The second-order valence-corrected chi connectivity index (χ2v) is 18.5. The van der Waals surface area contributed by atoms with Crippen LogP contribution in [-0.2, 0) is 0 Å². The summed E-state index contributed by atoms with van der Waals surface area (Å²) in [6.45, 7) is 21.0. The zero-order valence-electron chi connectivity index (χ0n) is 36.9. The van der Waals surface area contributed by atoms with Crippen LogP contribution in [0.25, 0.3) is 0 Å². The number of halogens is 2. The molecule has 2 aromatic heterocycles. The van der Waals surface area contributed by atoms with Crippen LogP contribution in [0.2, 0.25) is 0 Å². The number of furan rings is 2. The Hall–Kier alpha value is -6.84. The van der Waals surface area contributed by atoms with E-state index in [-0.39, 0.29) is 68.2 Å². The Morgan fingerprint density at radius 1 is 0.556 bits per heavy atom. The molecular formula is C47H50F2N6O8. The number of hydrogen-bond donors (Lipinski definition) is 6. The molecule has 0 aliphatic carbocycles. The minimum absolute atomic E-state index is 0.0439. The van der Waals surface area contributed by atoms with E-state index in [1.54, 1.807) is 13.8 Å². The summed E-state index contributed by atoms with van der Waals surface area (Å²) in [4.78, 5) is 74.3. The molecule has 4 atom stereocenters. The first kappa shape index (κ1) is 44.2. The first-order chi connectivity index (χ1) is 29.4. The predicted molar refractivity (Wildman–Crippen MR) is 237 cm³/mol. The van der Waals surface area contributed by atoms with Gasteiger partial charge in [-0.1, -0.05) is 53.7 Å². The summed E-state index contributed by atoms with van der Waals surface area (Å²) in [6, 6.07) is 9.68. The van der Waals surface area contributed by atoms with Crippen LogP contribution >= 0.6 is 0 Å². The standard InChI is InChI=1S/C24H26FN3O4.C23H24FN3O4/c1-10-9-15(32-12(10)3)22(24(4,5)6)28-19-18(20(29)21(19)30)27-17-14(25)8-7-13-11(2)26-23(31)16(13)17;1-10-6-9-14(31-10)21(23(3,4)5)27-18-17(19(28)20(18)29)26-16-13(24)8-7-12-11(2)25-22(30)15(12)16/h7-9,11,22,27-28H,1-6H3,(H,26,31);6-9,11,21,26-27H,1-5H3,(H,25,30)/t11-,22-;11-,21-/m11/s1. The van der Waals surface area contributed by atoms with Gasteiger partial charge in [-0.05, 0) is 92.5 Å². The molecule has 0 unspecified atom stereocenters. The highest BCUT2D eigenvalue weighted by Crippen LogP contribution is 2.42. The highest BCUT2D eigenvalue weighted by atomic mass is 19.1. The van der Waals surface area contributed by atoms with Crippen LogP contribution in [0.1, 0.15) is 140 Å². The fourth-order valence-corrected chi connectivity index (χ4v) is 7.95. The van der Waals surface area contributed by atoms with E-state index in [4.69, 9.17) is 8.83 Å². The Morgan fingerprint density at radius 3 is 1.33 bits per heavy atom. The third-order valence-electron chi connectivity index (χ3n) is 11.6. The lowest BCUT2D eigenvalue weighted by Gasteiger charge is -2.31. The summed E-state index contributed by atoms with van der Waals surface area (Å²) in [5, 5.41) is 17.2. The van der Waals surface area contributed by atoms with Gasteiger partial charge >= 0.3 is 0 Å². The minimum atomic E-state index is -0.769. The summed E-state index contributed by atoms with van der Waals surface area (Å²) in [5.41, 5.74) is -1.45. The largest absolute Gasteiger partial charge is 0.464 e. The second-order valence-electron chi connectivity index (χ2n) is 18.5. The summed E-state index contributed by atoms with van der Waals surface area (Å²) in [6.07, 6.45) is 0.